The molecule has 0 amide bonds. The number of rotatable bonds is 4. The average molecular weight is 247 g/mol. The van der Waals surface area contributed by atoms with Crippen LogP contribution in [0.4, 0.5) is 0 Å². The van der Waals surface area contributed by atoms with Gasteiger partial charge in [-0.3, -0.25) is 0 Å². The lowest BCUT2D eigenvalue weighted by Gasteiger charge is -2.43. The lowest BCUT2D eigenvalue weighted by atomic mass is 9.69. The number of ether oxygens (including phenoxy) is 1. The van der Waals surface area contributed by atoms with Crippen molar-refractivity contribution in [2.45, 2.75) is 44.6 Å². The zero-order valence-corrected chi connectivity index (χ0v) is 11.6. The Hall–Kier alpha value is -0.860. The molecule has 1 aromatic carbocycles. The molecule has 2 atom stereocenters. The molecule has 0 saturated carbocycles. The number of hydrogen-bond acceptors (Lipinski definition) is 2. The van der Waals surface area contributed by atoms with E-state index in [4.69, 9.17) is 10.5 Å². The first-order valence-electron chi connectivity index (χ1n) is 7.05. The zero-order chi connectivity index (χ0) is 13.0. The molecule has 0 aromatic heterocycles. The van der Waals surface area contributed by atoms with E-state index < -0.39 is 0 Å². The summed E-state index contributed by atoms with van der Waals surface area (Å²) in [6.45, 7) is 6.10. The van der Waals surface area contributed by atoms with Crippen LogP contribution in [0.25, 0.3) is 0 Å². The molecule has 0 aliphatic carbocycles. The monoisotopic (exact) mass is 247 g/mol. The summed E-state index contributed by atoms with van der Waals surface area (Å²) in [7, 11) is 0. The first kappa shape index (κ1) is 13.6. The van der Waals surface area contributed by atoms with E-state index >= 15 is 0 Å². The molecule has 0 bridgehead atoms. The lowest BCUT2D eigenvalue weighted by Crippen LogP contribution is -2.42. The fourth-order valence-corrected chi connectivity index (χ4v) is 3.08. The fraction of sp³-hybridized carbons (Fsp3) is 0.625. The zero-order valence-electron chi connectivity index (χ0n) is 11.6. The Balaban J connectivity index is 2.26. The molecule has 0 radical (unpaired) electrons. The quantitative estimate of drug-likeness (QED) is 0.887. The van der Waals surface area contributed by atoms with E-state index in [1.807, 2.05) is 0 Å². The molecule has 0 spiro atoms. The van der Waals surface area contributed by atoms with Gasteiger partial charge >= 0.3 is 0 Å². The Labute approximate surface area is 111 Å². The second-order valence-electron chi connectivity index (χ2n) is 5.79. The molecule has 1 aliphatic heterocycles. The van der Waals surface area contributed by atoms with Gasteiger partial charge < -0.3 is 10.5 Å². The standard InChI is InChI=1S/C16H25NO/c1-13(2)15-12-16(8-10-17,9-11-18-15)14-6-4-3-5-7-14/h3-7,13,15H,8-12,17H2,1-2H3. The highest BCUT2D eigenvalue weighted by Gasteiger charge is 2.38. The molecule has 1 aromatic rings. The van der Waals surface area contributed by atoms with Gasteiger partial charge in [0.15, 0.2) is 0 Å². The van der Waals surface area contributed by atoms with Crippen LogP contribution < -0.4 is 5.73 Å². The summed E-state index contributed by atoms with van der Waals surface area (Å²) in [5.41, 5.74) is 7.52. The third-order valence-electron chi connectivity index (χ3n) is 4.26. The summed E-state index contributed by atoms with van der Waals surface area (Å²) in [4.78, 5) is 0. The second kappa shape index (κ2) is 5.85. The van der Waals surface area contributed by atoms with Crippen molar-refractivity contribution in [3.05, 3.63) is 35.9 Å². The van der Waals surface area contributed by atoms with Crippen LogP contribution in [0.15, 0.2) is 30.3 Å². The summed E-state index contributed by atoms with van der Waals surface area (Å²) in [6, 6.07) is 10.8. The second-order valence-corrected chi connectivity index (χ2v) is 5.79. The van der Waals surface area contributed by atoms with Crippen LogP contribution in [0.5, 0.6) is 0 Å². The van der Waals surface area contributed by atoms with E-state index in [-0.39, 0.29) is 5.41 Å². The van der Waals surface area contributed by atoms with Crippen molar-refractivity contribution in [2.24, 2.45) is 11.7 Å². The molecular formula is C16H25NO. The maximum absolute atomic E-state index is 5.92. The first-order chi connectivity index (χ1) is 8.68. The Morgan fingerprint density at radius 2 is 2.06 bits per heavy atom. The topological polar surface area (TPSA) is 35.2 Å². The molecule has 1 saturated heterocycles. The Morgan fingerprint density at radius 3 is 2.67 bits per heavy atom. The van der Waals surface area contributed by atoms with Crippen LogP contribution in [0.1, 0.15) is 38.7 Å². The van der Waals surface area contributed by atoms with Gasteiger partial charge in [0.25, 0.3) is 0 Å². The summed E-state index contributed by atoms with van der Waals surface area (Å²) >= 11 is 0. The highest BCUT2D eigenvalue weighted by Crippen LogP contribution is 2.41. The summed E-state index contributed by atoms with van der Waals surface area (Å²) in [5.74, 6) is 0.575. The molecule has 1 heterocycles. The van der Waals surface area contributed by atoms with Crippen LogP contribution in [-0.2, 0) is 10.2 Å². The van der Waals surface area contributed by atoms with Gasteiger partial charge in [-0.05, 0) is 37.3 Å². The van der Waals surface area contributed by atoms with Gasteiger partial charge in [-0.2, -0.15) is 0 Å². The third-order valence-corrected chi connectivity index (χ3v) is 4.26. The van der Waals surface area contributed by atoms with Gasteiger partial charge in [-0.25, -0.2) is 0 Å². The molecule has 2 heteroatoms. The Morgan fingerprint density at radius 1 is 1.33 bits per heavy atom. The first-order valence-corrected chi connectivity index (χ1v) is 7.05. The molecule has 2 rings (SSSR count). The van der Waals surface area contributed by atoms with Crippen LogP contribution in [0.2, 0.25) is 0 Å². The number of nitrogens with two attached hydrogens (primary N) is 1. The van der Waals surface area contributed by atoms with Crippen molar-refractivity contribution in [3.63, 3.8) is 0 Å². The maximum atomic E-state index is 5.92. The van der Waals surface area contributed by atoms with Crippen molar-refractivity contribution in [3.8, 4) is 0 Å². The molecule has 2 unspecified atom stereocenters. The van der Waals surface area contributed by atoms with E-state index in [1.165, 1.54) is 5.56 Å². The SMILES string of the molecule is CC(C)C1CC(CCN)(c2ccccc2)CCO1. The van der Waals surface area contributed by atoms with Crippen molar-refractivity contribution < 1.29 is 4.74 Å². The van der Waals surface area contributed by atoms with E-state index in [9.17, 15) is 0 Å². The summed E-state index contributed by atoms with van der Waals surface area (Å²) in [6.07, 6.45) is 3.62. The minimum atomic E-state index is 0.225. The van der Waals surface area contributed by atoms with Crippen LogP contribution in [0.3, 0.4) is 0 Å². The maximum Gasteiger partial charge on any atom is 0.0606 e. The summed E-state index contributed by atoms with van der Waals surface area (Å²) < 4.78 is 5.92. The minimum absolute atomic E-state index is 0.225. The lowest BCUT2D eigenvalue weighted by molar-refractivity contribution is -0.0465. The third kappa shape index (κ3) is 2.76. The largest absolute Gasteiger partial charge is 0.378 e. The van der Waals surface area contributed by atoms with E-state index in [0.29, 0.717) is 12.0 Å². The van der Waals surface area contributed by atoms with Crippen molar-refractivity contribution in [1.29, 1.82) is 0 Å². The summed E-state index contributed by atoms with van der Waals surface area (Å²) in [5, 5.41) is 0. The van der Waals surface area contributed by atoms with E-state index in [0.717, 1.165) is 32.4 Å². The smallest absolute Gasteiger partial charge is 0.0606 e. The predicted octanol–water partition coefficient (Wildman–Crippen LogP) is 3.11. The van der Waals surface area contributed by atoms with Gasteiger partial charge in [-0.15, -0.1) is 0 Å². The predicted molar refractivity (Wildman–Crippen MR) is 75.6 cm³/mol. The highest BCUT2D eigenvalue weighted by molar-refractivity contribution is 5.26. The molecule has 1 aliphatic rings. The molecule has 2 nitrogen and oxygen atoms in total. The average Bonchev–Trinajstić information content (AvgIpc) is 2.40. The Kier molecular flexibility index (Phi) is 4.41. The van der Waals surface area contributed by atoms with Gasteiger partial charge in [0, 0.05) is 12.0 Å². The van der Waals surface area contributed by atoms with Gasteiger partial charge in [0.05, 0.1) is 6.10 Å². The van der Waals surface area contributed by atoms with Gasteiger partial charge in [-0.1, -0.05) is 44.2 Å². The van der Waals surface area contributed by atoms with Crippen molar-refractivity contribution in [1.82, 2.24) is 0 Å². The normalized spacial score (nSPS) is 28.6. The fourth-order valence-electron chi connectivity index (χ4n) is 3.08. The Bertz CT molecular complexity index is 359. The van der Waals surface area contributed by atoms with Crippen LogP contribution in [0, 0.1) is 5.92 Å². The van der Waals surface area contributed by atoms with Crippen molar-refractivity contribution in [2.75, 3.05) is 13.2 Å². The molecule has 18 heavy (non-hydrogen) atoms. The van der Waals surface area contributed by atoms with E-state index in [2.05, 4.69) is 44.2 Å². The molecule has 1 fully saturated rings. The van der Waals surface area contributed by atoms with Gasteiger partial charge in [0.2, 0.25) is 0 Å². The highest BCUT2D eigenvalue weighted by atomic mass is 16.5. The van der Waals surface area contributed by atoms with E-state index in [1.54, 1.807) is 0 Å². The van der Waals surface area contributed by atoms with Crippen molar-refractivity contribution >= 4 is 0 Å². The minimum Gasteiger partial charge on any atom is -0.378 e. The number of benzene rings is 1. The number of hydrogen-bond donors (Lipinski definition) is 1. The van der Waals surface area contributed by atoms with Gasteiger partial charge in [0.1, 0.15) is 0 Å². The molecular weight excluding hydrogens is 222 g/mol. The van der Waals surface area contributed by atoms with Crippen LogP contribution in [-0.4, -0.2) is 19.3 Å². The molecule has 2 N–H and O–H groups in total. The van der Waals surface area contributed by atoms with Crippen LogP contribution >= 0.6 is 0 Å². The molecule has 100 valence electrons.